The van der Waals surface area contributed by atoms with Crippen LogP contribution in [0.1, 0.15) is 22.3 Å². The summed E-state index contributed by atoms with van der Waals surface area (Å²) < 4.78 is 32.9. The van der Waals surface area contributed by atoms with Crippen molar-refractivity contribution in [3.63, 3.8) is 0 Å². The zero-order valence-corrected chi connectivity index (χ0v) is 32.3. The van der Waals surface area contributed by atoms with Gasteiger partial charge in [0.2, 0.25) is 9.84 Å². The fraction of sp³-hybridized carbons (Fsp3) is 0.0192. The predicted molar refractivity (Wildman–Crippen MR) is 233 cm³/mol. The van der Waals surface area contributed by atoms with Gasteiger partial charge >= 0.3 is 0 Å². The van der Waals surface area contributed by atoms with Crippen molar-refractivity contribution in [2.75, 3.05) is 0 Å². The molecule has 1 aliphatic heterocycles. The topological polar surface area (TPSA) is 77.7 Å². The Hall–Kier alpha value is -7.48. The molecular formula is C52H32N4O2S. The molecule has 10 aromatic rings. The van der Waals surface area contributed by atoms with Gasteiger partial charge < -0.3 is 4.57 Å². The van der Waals surface area contributed by atoms with Crippen molar-refractivity contribution in [1.29, 1.82) is 0 Å². The van der Waals surface area contributed by atoms with Crippen LogP contribution >= 0.6 is 0 Å². The summed E-state index contributed by atoms with van der Waals surface area (Å²) in [5, 5.41) is 1.57. The second-order valence-electron chi connectivity index (χ2n) is 15.1. The molecule has 0 radical (unpaired) electrons. The molecule has 1 aliphatic carbocycles. The Morgan fingerprint density at radius 3 is 1.61 bits per heavy atom. The molecule has 0 unspecified atom stereocenters. The number of fused-ring (bicyclic) bond motifs is 13. The zero-order valence-electron chi connectivity index (χ0n) is 31.5. The molecule has 0 saturated heterocycles. The van der Waals surface area contributed by atoms with E-state index in [9.17, 15) is 0 Å². The van der Waals surface area contributed by atoms with Crippen molar-refractivity contribution >= 4 is 31.6 Å². The molecule has 2 aromatic heterocycles. The lowest BCUT2D eigenvalue weighted by atomic mass is 9.67. The third-order valence-electron chi connectivity index (χ3n) is 12.1. The van der Waals surface area contributed by atoms with E-state index in [-0.39, 0.29) is 0 Å². The monoisotopic (exact) mass is 776 g/mol. The van der Waals surface area contributed by atoms with Crippen molar-refractivity contribution in [2.24, 2.45) is 0 Å². The Morgan fingerprint density at radius 2 is 0.949 bits per heavy atom. The molecule has 0 amide bonds. The van der Waals surface area contributed by atoms with E-state index in [2.05, 4.69) is 83.4 Å². The maximum atomic E-state index is 15.4. The minimum atomic E-state index is -4.01. The Balaban J connectivity index is 1.13. The van der Waals surface area contributed by atoms with Crippen LogP contribution in [-0.4, -0.2) is 27.9 Å². The molecule has 8 aromatic carbocycles. The number of nitrogens with zero attached hydrogens (tertiary/aromatic N) is 4. The third-order valence-corrected chi connectivity index (χ3v) is 14.0. The molecule has 0 saturated carbocycles. The third kappa shape index (κ3) is 4.67. The molecule has 1 spiro atoms. The van der Waals surface area contributed by atoms with Crippen LogP contribution in [0.25, 0.3) is 72.8 Å². The second-order valence-corrected chi connectivity index (χ2v) is 17.0. The fourth-order valence-electron chi connectivity index (χ4n) is 9.68. The van der Waals surface area contributed by atoms with E-state index in [0.29, 0.717) is 32.7 Å². The van der Waals surface area contributed by atoms with Gasteiger partial charge in [-0.3, -0.25) is 0 Å². The quantitative estimate of drug-likeness (QED) is 0.178. The van der Waals surface area contributed by atoms with Crippen LogP contribution in [0.5, 0.6) is 0 Å². The van der Waals surface area contributed by atoms with E-state index in [1.54, 1.807) is 6.07 Å². The maximum absolute atomic E-state index is 15.4. The normalized spacial score (nSPS) is 14.2. The number of para-hydroxylation sites is 1. The Kier molecular flexibility index (Phi) is 7.13. The number of aromatic nitrogens is 4. The molecule has 0 N–H and O–H groups in total. The molecule has 12 rings (SSSR count). The van der Waals surface area contributed by atoms with Gasteiger partial charge in [0.05, 0.1) is 26.2 Å². The molecular weight excluding hydrogens is 745 g/mol. The van der Waals surface area contributed by atoms with Gasteiger partial charge in [0, 0.05) is 33.2 Å². The van der Waals surface area contributed by atoms with Crippen LogP contribution in [0.2, 0.25) is 0 Å². The fourth-order valence-corrected chi connectivity index (χ4v) is 11.7. The lowest BCUT2D eigenvalue weighted by molar-refractivity contribution is 0.582. The Bertz CT molecular complexity index is 3370. The summed E-state index contributed by atoms with van der Waals surface area (Å²) in [6, 6.07) is 64.8. The smallest absolute Gasteiger partial charge is 0.207 e. The zero-order chi connectivity index (χ0) is 39.3. The molecule has 3 heterocycles. The first-order chi connectivity index (χ1) is 29.0. The van der Waals surface area contributed by atoms with Crippen molar-refractivity contribution in [3.05, 3.63) is 216 Å². The average Bonchev–Trinajstić information content (AvgIpc) is 3.80. The van der Waals surface area contributed by atoms with E-state index in [1.165, 1.54) is 0 Å². The van der Waals surface area contributed by atoms with Crippen LogP contribution in [0, 0.1) is 0 Å². The van der Waals surface area contributed by atoms with Crippen molar-refractivity contribution in [1.82, 2.24) is 19.5 Å². The van der Waals surface area contributed by atoms with Crippen LogP contribution < -0.4 is 0 Å². The van der Waals surface area contributed by atoms with Gasteiger partial charge in [0.25, 0.3) is 0 Å². The van der Waals surface area contributed by atoms with E-state index in [4.69, 9.17) is 15.0 Å². The highest BCUT2D eigenvalue weighted by Crippen LogP contribution is 2.62. The standard InChI is InChI=1S/C52H32N4O2S/c57-59(58)46-29-14-12-27-42(46)52(40-25-10-7-22-37(40)38-23-8-11-26-41(38)52)43-30-31-45-47(48(43)59)39-24-9-13-28-44(39)56(45)36-21-15-20-35(32-36)51-54-49(33-16-3-1-4-17-33)53-50(55-51)34-18-5-2-6-19-34/h1-32H. The largest absolute Gasteiger partial charge is 0.309 e. The van der Waals surface area contributed by atoms with Gasteiger partial charge in [-0.15, -0.1) is 0 Å². The highest BCUT2D eigenvalue weighted by Gasteiger charge is 2.54. The van der Waals surface area contributed by atoms with Crippen molar-refractivity contribution < 1.29 is 8.42 Å². The predicted octanol–water partition coefficient (Wildman–Crippen LogP) is 11.5. The molecule has 2 aliphatic rings. The Morgan fingerprint density at radius 1 is 0.424 bits per heavy atom. The van der Waals surface area contributed by atoms with Crippen molar-refractivity contribution in [2.45, 2.75) is 15.2 Å². The molecule has 7 heteroatoms. The average molecular weight is 777 g/mol. The van der Waals surface area contributed by atoms with E-state index < -0.39 is 15.3 Å². The summed E-state index contributed by atoms with van der Waals surface area (Å²) in [5.74, 6) is 1.70. The minimum Gasteiger partial charge on any atom is -0.309 e. The van der Waals surface area contributed by atoms with Gasteiger partial charge in [-0.2, -0.15) is 0 Å². The molecule has 278 valence electrons. The maximum Gasteiger partial charge on any atom is 0.207 e. The highest BCUT2D eigenvalue weighted by atomic mass is 32.2. The molecule has 59 heavy (non-hydrogen) atoms. The minimum absolute atomic E-state index is 0.337. The first-order valence-corrected chi connectivity index (χ1v) is 21.1. The number of hydrogen-bond donors (Lipinski definition) is 0. The van der Waals surface area contributed by atoms with Gasteiger partial charge in [-0.1, -0.05) is 164 Å². The van der Waals surface area contributed by atoms with Gasteiger partial charge in [-0.05, 0) is 63.7 Å². The second kappa shape index (κ2) is 12.5. The van der Waals surface area contributed by atoms with E-state index in [0.717, 1.165) is 72.2 Å². The summed E-state index contributed by atoms with van der Waals surface area (Å²) >= 11 is 0. The molecule has 6 nitrogen and oxygen atoms in total. The number of hydrogen-bond acceptors (Lipinski definition) is 5. The number of benzene rings is 8. The van der Waals surface area contributed by atoms with E-state index in [1.807, 2.05) is 109 Å². The van der Waals surface area contributed by atoms with Gasteiger partial charge in [-0.25, -0.2) is 23.4 Å². The molecule has 0 atom stereocenters. The summed E-state index contributed by atoms with van der Waals surface area (Å²) in [7, 11) is -4.01. The highest BCUT2D eigenvalue weighted by molar-refractivity contribution is 7.92. The summed E-state index contributed by atoms with van der Waals surface area (Å²) in [6.45, 7) is 0. The van der Waals surface area contributed by atoms with Crippen molar-refractivity contribution in [3.8, 4) is 51.0 Å². The molecule has 0 bridgehead atoms. The SMILES string of the molecule is O=S1(=O)c2ccccc2C2(c3ccccc3-c3ccccc32)c2ccc3c(c21)c1ccccc1n3-c1cccc(-c2nc(-c3ccccc3)nc(-c3ccccc3)n2)c1. The first kappa shape index (κ1) is 33.6. The van der Waals surface area contributed by atoms with Gasteiger partial charge in [0.1, 0.15) is 0 Å². The summed E-state index contributed by atoms with van der Waals surface area (Å²) in [6.07, 6.45) is 0. The van der Waals surface area contributed by atoms with E-state index >= 15 is 8.42 Å². The molecule has 0 fully saturated rings. The lowest BCUT2D eigenvalue weighted by Crippen LogP contribution is -2.36. The van der Waals surface area contributed by atoms with Crippen LogP contribution in [0.15, 0.2) is 204 Å². The number of rotatable bonds is 4. The first-order valence-electron chi connectivity index (χ1n) is 19.6. The Labute approximate surface area is 340 Å². The summed E-state index contributed by atoms with van der Waals surface area (Å²) in [4.78, 5) is 15.6. The number of sulfone groups is 1. The van der Waals surface area contributed by atoms with Crippen LogP contribution in [0.4, 0.5) is 0 Å². The van der Waals surface area contributed by atoms with Crippen LogP contribution in [0.3, 0.4) is 0 Å². The summed E-state index contributed by atoms with van der Waals surface area (Å²) in [5.41, 5.74) is 10.3. The van der Waals surface area contributed by atoms with Gasteiger partial charge in [0.15, 0.2) is 17.5 Å². The lowest BCUT2D eigenvalue weighted by Gasteiger charge is -2.39. The van der Waals surface area contributed by atoms with Crippen LogP contribution in [-0.2, 0) is 15.3 Å².